The molecule has 0 bridgehead atoms. The predicted octanol–water partition coefficient (Wildman–Crippen LogP) is 0.940. The summed E-state index contributed by atoms with van der Waals surface area (Å²) in [4.78, 5) is 23.1. The standard InChI is InChI=1S/C14H22N4O2/c1-8(2)7-17-14(20)9(3)18-10-4-5-12(15)11(6-10)13(16)19/h4-6,8-9,18H,7,15H2,1-3H3,(H2,16,19)(H,17,20). The second-order valence-electron chi connectivity index (χ2n) is 5.17. The fourth-order valence-electron chi connectivity index (χ4n) is 1.63. The second-order valence-corrected chi connectivity index (χ2v) is 5.17. The molecule has 0 aliphatic carbocycles. The van der Waals surface area contributed by atoms with Crippen LogP contribution >= 0.6 is 0 Å². The molecule has 0 saturated carbocycles. The van der Waals surface area contributed by atoms with Crippen molar-refractivity contribution in [1.82, 2.24) is 5.32 Å². The van der Waals surface area contributed by atoms with Crippen molar-refractivity contribution in [1.29, 1.82) is 0 Å². The number of nitrogens with one attached hydrogen (secondary N) is 2. The van der Waals surface area contributed by atoms with Gasteiger partial charge in [-0.05, 0) is 31.0 Å². The van der Waals surface area contributed by atoms with Crippen LogP contribution in [-0.2, 0) is 4.79 Å². The topological polar surface area (TPSA) is 110 Å². The molecule has 6 heteroatoms. The highest BCUT2D eigenvalue weighted by molar-refractivity contribution is 5.99. The maximum absolute atomic E-state index is 11.8. The van der Waals surface area contributed by atoms with Gasteiger partial charge in [-0.1, -0.05) is 13.8 Å². The molecule has 0 spiro atoms. The van der Waals surface area contributed by atoms with Crippen LogP contribution in [0.4, 0.5) is 11.4 Å². The summed E-state index contributed by atoms with van der Waals surface area (Å²) < 4.78 is 0. The number of nitrogens with two attached hydrogens (primary N) is 2. The van der Waals surface area contributed by atoms with Crippen LogP contribution < -0.4 is 22.1 Å². The maximum Gasteiger partial charge on any atom is 0.250 e. The molecule has 1 aromatic rings. The van der Waals surface area contributed by atoms with Crippen LogP contribution in [0.15, 0.2) is 18.2 Å². The summed E-state index contributed by atoms with van der Waals surface area (Å²) in [6.45, 7) is 6.42. The van der Waals surface area contributed by atoms with E-state index in [2.05, 4.69) is 10.6 Å². The lowest BCUT2D eigenvalue weighted by atomic mass is 10.1. The molecule has 0 aliphatic rings. The molecule has 0 saturated heterocycles. The van der Waals surface area contributed by atoms with Gasteiger partial charge in [0.15, 0.2) is 0 Å². The van der Waals surface area contributed by atoms with E-state index in [0.717, 1.165) is 0 Å². The number of anilines is 2. The smallest absolute Gasteiger partial charge is 0.250 e. The van der Waals surface area contributed by atoms with Crippen LogP contribution in [0.2, 0.25) is 0 Å². The summed E-state index contributed by atoms with van der Waals surface area (Å²) >= 11 is 0. The van der Waals surface area contributed by atoms with E-state index in [-0.39, 0.29) is 11.5 Å². The van der Waals surface area contributed by atoms with Crippen molar-refractivity contribution in [2.45, 2.75) is 26.8 Å². The van der Waals surface area contributed by atoms with E-state index < -0.39 is 11.9 Å². The van der Waals surface area contributed by atoms with Gasteiger partial charge in [-0.15, -0.1) is 0 Å². The number of benzene rings is 1. The summed E-state index contributed by atoms with van der Waals surface area (Å²) in [5, 5.41) is 5.85. The van der Waals surface area contributed by atoms with Gasteiger partial charge in [0, 0.05) is 17.9 Å². The maximum atomic E-state index is 11.8. The average molecular weight is 278 g/mol. The highest BCUT2D eigenvalue weighted by Crippen LogP contribution is 2.18. The van der Waals surface area contributed by atoms with Gasteiger partial charge in [-0.25, -0.2) is 0 Å². The van der Waals surface area contributed by atoms with E-state index >= 15 is 0 Å². The van der Waals surface area contributed by atoms with Crippen molar-refractivity contribution >= 4 is 23.2 Å². The normalized spacial score (nSPS) is 12.0. The lowest BCUT2D eigenvalue weighted by Crippen LogP contribution is -2.39. The second kappa shape index (κ2) is 6.79. The molecule has 110 valence electrons. The minimum atomic E-state index is -0.594. The first-order valence-corrected chi connectivity index (χ1v) is 6.54. The number of primary amides is 1. The Morgan fingerprint density at radius 3 is 2.45 bits per heavy atom. The summed E-state index contributed by atoms with van der Waals surface area (Å²) in [5.41, 5.74) is 12.1. The molecule has 0 heterocycles. The van der Waals surface area contributed by atoms with E-state index in [1.54, 1.807) is 25.1 Å². The Bertz CT molecular complexity index is 500. The van der Waals surface area contributed by atoms with Crippen LogP contribution in [-0.4, -0.2) is 24.4 Å². The number of carbonyl (C=O) groups excluding carboxylic acids is 2. The highest BCUT2D eigenvalue weighted by atomic mass is 16.2. The molecular weight excluding hydrogens is 256 g/mol. The molecule has 2 amide bonds. The average Bonchev–Trinajstić information content (AvgIpc) is 2.37. The number of nitrogen functional groups attached to an aromatic ring is 1. The molecule has 1 aromatic carbocycles. The third-order valence-electron chi connectivity index (χ3n) is 2.78. The molecule has 1 rings (SSSR count). The van der Waals surface area contributed by atoms with Crippen molar-refractivity contribution in [3.63, 3.8) is 0 Å². The molecule has 0 aromatic heterocycles. The molecule has 0 aliphatic heterocycles. The van der Waals surface area contributed by atoms with Gasteiger partial charge in [0.2, 0.25) is 5.91 Å². The molecule has 1 unspecified atom stereocenters. The Hall–Kier alpha value is -2.24. The van der Waals surface area contributed by atoms with Crippen molar-refractivity contribution in [2.24, 2.45) is 11.7 Å². The van der Waals surface area contributed by atoms with E-state index in [1.807, 2.05) is 13.8 Å². The number of carbonyl (C=O) groups is 2. The summed E-state index contributed by atoms with van der Waals surface area (Å²) in [6.07, 6.45) is 0. The van der Waals surface area contributed by atoms with Crippen molar-refractivity contribution in [3.05, 3.63) is 23.8 Å². The summed E-state index contributed by atoms with van der Waals surface area (Å²) in [6, 6.07) is 4.41. The van der Waals surface area contributed by atoms with Crippen LogP contribution in [0.25, 0.3) is 0 Å². The monoisotopic (exact) mass is 278 g/mol. The van der Waals surface area contributed by atoms with Gasteiger partial charge in [0.25, 0.3) is 5.91 Å². The number of hydrogen-bond donors (Lipinski definition) is 4. The van der Waals surface area contributed by atoms with E-state index in [9.17, 15) is 9.59 Å². The van der Waals surface area contributed by atoms with Crippen LogP contribution in [0.3, 0.4) is 0 Å². The molecule has 0 fully saturated rings. The fourth-order valence-corrected chi connectivity index (χ4v) is 1.63. The lowest BCUT2D eigenvalue weighted by molar-refractivity contribution is -0.121. The number of rotatable bonds is 6. The molecule has 0 radical (unpaired) electrons. The third kappa shape index (κ3) is 4.46. The zero-order chi connectivity index (χ0) is 15.3. The Morgan fingerprint density at radius 2 is 1.90 bits per heavy atom. The first-order chi connectivity index (χ1) is 9.31. The third-order valence-corrected chi connectivity index (χ3v) is 2.78. The van der Waals surface area contributed by atoms with E-state index in [1.165, 1.54) is 0 Å². The molecule has 6 N–H and O–H groups in total. The van der Waals surface area contributed by atoms with Crippen LogP contribution in [0, 0.1) is 5.92 Å². The Morgan fingerprint density at radius 1 is 1.25 bits per heavy atom. The number of hydrogen-bond acceptors (Lipinski definition) is 4. The lowest BCUT2D eigenvalue weighted by Gasteiger charge is -2.17. The van der Waals surface area contributed by atoms with Crippen molar-refractivity contribution in [3.8, 4) is 0 Å². The fraction of sp³-hybridized carbons (Fsp3) is 0.429. The van der Waals surface area contributed by atoms with Gasteiger partial charge in [-0.2, -0.15) is 0 Å². The van der Waals surface area contributed by atoms with E-state index in [4.69, 9.17) is 11.5 Å². The molecule has 1 atom stereocenters. The largest absolute Gasteiger partial charge is 0.398 e. The minimum Gasteiger partial charge on any atom is -0.398 e. The van der Waals surface area contributed by atoms with Gasteiger partial charge in [0.1, 0.15) is 6.04 Å². The molecule has 20 heavy (non-hydrogen) atoms. The Balaban J connectivity index is 2.70. The van der Waals surface area contributed by atoms with E-state index in [0.29, 0.717) is 23.8 Å². The van der Waals surface area contributed by atoms with Crippen LogP contribution in [0.5, 0.6) is 0 Å². The minimum absolute atomic E-state index is 0.101. The summed E-state index contributed by atoms with van der Waals surface area (Å²) in [5.74, 6) is -0.302. The zero-order valence-electron chi connectivity index (χ0n) is 12.1. The van der Waals surface area contributed by atoms with Gasteiger partial charge >= 0.3 is 0 Å². The Kier molecular flexibility index (Phi) is 5.37. The predicted molar refractivity (Wildman–Crippen MR) is 80.3 cm³/mol. The summed E-state index contributed by atoms with van der Waals surface area (Å²) in [7, 11) is 0. The van der Waals surface area contributed by atoms with Crippen LogP contribution in [0.1, 0.15) is 31.1 Å². The van der Waals surface area contributed by atoms with Crippen molar-refractivity contribution in [2.75, 3.05) is 17.6 Å². The zero-order valence-corrected chi connectivity index (χ0v) is 12.1. The highest BCUT2D eigenvalue weighted by Gasteiger charge is 2.14. The molecular formula is C14H22N4O2. The van der Waals surface area contributed by atoms with Gasteiger partial charge < -0.3 is 22.1 Å². The van der Waals surface area contributed by atoms with Gasteiger partial charge in [0.05, 0.1) is 5.56 Å². The quantitative estimate of drug-likeness (QED) is 0.580. The van der Waals surface area contributed by atoms with Gasteiger partial charge in [-0.3, -0.25) is 9.59 Å². The Labute approximate surface area is 118 Å². The first kappa shape index (κ1) is 15.8. The van der Waals surface area contributed by atoms with Crippen molar-refractivity contribution < 1.29 is 9.59 Å². The first-order valence-electron chi connectivity index (χ1n) is 6.54. The SMILES string of the molecule is CC(C)CNC(=O)C(C)Nc1ccc(N)c(C(N)=O)c1. The number of amides is 2. The molecule has 6 nitrogen and oxygen atoms in total.